The van der Waals surface area contributed by atoms with Crippen molar-refractivity contribution >= 4 is 69.4 Å². The number of thiocarbonyl (C=S) groups is 1. The predicted octanol–water partition coefficient (Wildman–Crippen LogP) is 7.06. The van der Waals surface area contributed by atoms with Gasteiger partial charge in [-0.2, -0.15) is 0 Å². The number of aromatic nitrogens is 1. The number of amides is 1. The molecule has 1 aliphatic rings. The van der Waals surface area contributed by atoms with Gasteiger partial charge in [0.15, 0.2) is 5.11 Å². The van der Waals surface area contributed by atoms with E-state index in [0.717, 1.165) is 11.3 Å². The Hall–Kier alpha value is -3.14. The van der Waals surface area contributed by atoms with Crippen LogP contribution in [0.3, 0.4) is 0 Å². The fraction of sp³-hybridized carbons (Fsp3) is 0.148. The van der Waals surface area contributed by atoms with Crippen LogP contribution in [-0.2, 0) is 9.53 Å². The van der Waals surface area contributed by atoms with Gasteiger partial charge in [0.25, 0.3) is 0 Å². The summed E-state index contributed by atoms with van der Waals surface area (Å²) in [5.41, 5.74) is 2.77. The molecule has 0 saturated carbocycles. The van der Waals surface area contributed by atoms with Gasteiger partial charge in [0.05, 0.1) is 32.5 Å². The van der Waals surface area contributed by atoms with Gasteiger partial charge >= 0.3 is 0 Å². The molecule has 2 atom stereocenters. The number of carbonyl (C=O) groups is 1. The Bertz CT molecular complexity index is 1500. The number of benzene rings is 2. The lowest BCUT2D eigenvalue weighted by Crippen LogP contribution is -2.29. The maximum absolute atomic E-state index is 12.0. The Morgan fingerprint density at radius 2 is 1.92 bits per heavy atom. The molecule has 7 nitrogen and oxygen atoms in total. The van der Waals surface area contributed by atoms with Gasteiger partial charge in [-0.3, -0.25) is 9.78 Å². The highest BCUT2D eigenvalue weighted by atomic mass is 35.5. The topological polar surface area (TPSA) is 79.6 Å². The second-order valence-corrected chi connectivity index (χ2v) is 10.1. The Balaban J connectivity index is 1.54. The maximum atomic E-state index is 12.0. The van der Waals surface area contributed by atoms with Gasteiger partial charge in [-0.05, 0) is 72.9 Å². The number of nitrogens with one attached hydrogen (secondary N) is 2. The first-order valence-corrected chi connectivity index (χ1v) is 13.0. The highest BCUT2D eigenvalue weighted by Crippen LogP contribution is 2.44. The third kappa shape index (κ3) is 5.36. The molecule has 0 radical (unpaired) electrons. The summed E-state index contributed by atoms with van der Waals surface area (Å²) in [5.74, 6) is 0.979. The standard InChI is InChI=1S/C27H21Cl3N4O3S/c1-36-14-24(35)32-20-8-6-16(13-19(20)30)34-26(25(33-27(34)38)21-4-2-3-11-31-21)23-10-9-22(37-23)15-5-7-17(28)18(29)12-15/h2-13,25-26H,14H2,1H3,(H,32,35)(H,33,38)/t25-,26-/m0/s1. The summed E-state index contributed by atoms with van der Waals surface area (Å²) in [6, 6.07) is 19.4. The molecule has 194 valence electrons. The fourth-order valence-corrected chi connectivity index (χ4v) is 5.18. The molecule has 0 unspecified atom stereocenters. The lowest BCUT2D eigenvalue weighted by atomic mass is 10.0. The summed E-state index contributed by atoms with van der Waals surface area (Å²) in [6.45, 7) is -0.0777. The van der Waals surface area contributed by atoms with Gasteiger partial charge in [-0.25, -0.2) is 0 Å². The number of ether oxygens (including phenoxy) is 1. The number of carbonyl (C=O) groups excluding carboxylic acids is 1. The number of nitrogens with zero attached hydrogens (tertiary/aromatic N) is 2. The van der Waals surface area contributed by atoms with Crippen LogP contribution >= 0.6 is 47.0 Å². The summed E-state index contributed by atoms with van der Waals surface area (Å²) in [4.78, 5) is 18.5. The first kappa shape index (κ1) is 26.5. The average Bonchev–Trinajstić information content (AvgIpc) is 3.52. The van der Waals surface area contributed by atoms with E-state index >= 15 is 0 Å². The lowest BCUT2D eigenvalue weighted by Gasteiger charge is -2.26. The van der Waals surface area contributed by atoms with Crippen LogP contribution in [0.15, 0.2) is 77.3 Å². The number of pyridine rings is 1. The van der Waals surface area contributed by atoms with E-state index in [-0.39, 0.29) is 24.6 Å². The molecule has 2 N–H and O–H groups in total. The number of rotatable bonds is 7. The largest absolute Gasteiger partial charge is 0.459 e. The van der Waals surface area contributed by atoms with Crippen molar-refractivity contribution in [2.45, 2.75) is 12.1 Å². The molecule has 1 amide bonds. The van der Waals surface area contributed by atoms with Gasteiger partial charge in [0.2, 0.25) is 5.91 Å². The summed E-state index contributed by atoms with van der Waals surface area (Å²) in [7, 11) is 1.45. The molecule has 11 heteroatoms. The molecular formula is C27H21Cl3N4O3S. The Labute approximate surface area is 239 Å². The predicted molar refractivity (Wildman–Crippen MR) is 154 cm³/mol. The lowest BCUT2D eigenvalue weighted by molar-refractivity contribution is -0.119. The first-order valence-electron chi connectivity index (χ1n) is 11.5. The second kappa shape index (κ2) is 11.3. The van der Waals surface area contributed by atoms with Gasteiger partial charge in [-0.15, -0.1) is 0 Å². The number of hydrogen-bond acceptors (Lipinski definition) is 5. The summed E-state index contributed by atoms with van der Waals surface area (Å²) in [5, 5.41) is 7.85. The zero-order valence-electron chi connectivity index (χ0n) is 20.0. The number of halogens is 3. The maximum Gasteiger partial charge on any atom is 0.250 e. The molecule has 0 aliphatic carbocycles. The van der Waals surface area contributed by atoms with E-state index in [4.69, 9.17) is 56.2 Å². The average molecular weight is 588 g/mol. The first-order chi connectivity index (χ1) is 18.4. The zero-order valence-corrected chi connectivity index (χ0v) is 23.0. The quantitative estimate of drug-likeness (QED) is 0.224. The molecular weight excluding hydrogens is 567 g/mol. The normalized spacial score (nSPS) is 16.9. The molecule has 5 rings (SSSR count). The minimum atomic E-state index is -0.390. The molecule has 3 heterocycles. The SMILES string of the molecule is COCC(=O)Nc1ccc(N2C(=S)N[C@@H](c3ccccn3)[C@@H]2c2ccc(-c3ccc(Cl)c(Cl)c3)o2)cc1Cl. The van der Waals surface area contributed by atoms with Crippen LogP contribution in [0.25, 0.3) is 11.3 Å². The van der Waals surface area contributed by atoms with Crippen molar-refractivity contribution in [2.24, 2.45) is 0 Å². The third-order valence-corrected chi connectivity index (χ3v) is 7.37. The monoisotopic (exact) mass is 586 g/mol. The van der Waals surface area contributed by atoms with E-state index in [1.165, 1.54) is 7.11 Å². The van der Waals surface area contributed by atoms with E-state index < -0.39 is 0 Å². The van der Waals surface area contributed by atoms with Crippen molar-refractivity contribution in [3.05, 3.63) is 99.4 Å². The van der Waals surface area contributed by atoms with Gasteiger partial charge < -0.3 is 24.7 Å². The van der Waals surface area contributed by atoms with E-state index in [1.54, 1.807) is 30.5 Å². The molecule has 1 fully saturated rings. The van der Waals surface area contributed by atoms with Crippen molar-refractivity contribution in [1.29, 1.82) is 0 Å². The summed E-state index contributed by atoms with van der Waals surface area (Å²) < 4.78 is 11.2. The number of methoxy groups -OCH3 is 1. The summed E-state index contributed by atoms with van der Waals surface area (Å²) >= 11 is 24.7. The minimum absolute atomic E-state index is 0.0777. The smallest absolute Gasteiger partial charge is 0.250 e. The molecule has 38 heavy (non-hydrogen) atoms. The highest BCUT2D eigenvalue weighted by molar-refractivity contribution is 7.80. The number of anilines is 2. The van der Waals surface area contributed by atoms with E-state index in [2.05, 4.69) is 15.6 Å². The van der Waals surface area contributed by atoms with Gasteiger partial charge in [0, 0.05) is 24.6 Å². The van der Waals surface area contributed by atoms with Gasteiger partial charge in [-0.1, -0.05) is 40.9 Å². The highest BCUT2D eigenvalue weighted by Gasteiger charge is 2.42. The van der Waals surface area contributed by atoms with Crippen molar-refractivity contribution < 1.29 is 13.9 Å². The van der Waals surface area contributed by atoms with Crippen molar-refractivity contribution in [1.82, 2.24) is 10.3 Å². The Kier molecular flexibility index (Phi) is 7.88. The van der Waals surface area contributed by atoms with Crippen molar-refractivity contribution in [3.63, 3.8) is 0 Å². The van der Waals surface area contributed by atoms with Crippen molar-refractivity contribution in [2.75, 3.05) is 23.9 Å². The summed E-state index contributed by atoms with van der Waals surface area (Å²) in [6.07, 6.45) is 1.73. The minimum Gasteiger partial charge on any atom is -0.459 e. The number of hydrogen-bond donors (Lipinski definition) is 2. The fourth-order valence-electron chi connectivity index (χ4n) is 4.31. The van der Waals surface area contributed by atoms with Crippen LogP contribution in [0.4, 0.5) is 11.4 Å². The molecule has 2 aromatic carbocycles. The van der Waals surface area contributed by atoms with Crippen LogP contribution in [-0.4, -0.2) is 29.7 Å². The molecule has 1 saturated heterocycles. The number of furan rings is 1. The van der Waals surface area contributed by atoms with Crippen LogP contribution in [0.2, 0.25) is 15.1 Å². The zero-order chi connectivity index (χ0) is 26.8. The molecule has 2 aromatic heterocycles. The van der Waals surface area contributed by atoms with Crippen molar-refractivity contribution in [3.8, 4) is 11.3 Å². The molecule has 0 bridgehead atoms. The molecule has 1 aliphatic heterocycles. The van der Waals surface area contributed by atoms with E-state index in [1.807, 2.05) is 47.4 Å². The second-order valence-electron chi connectivity index (χ2n) is 8.47. The van der Waals surface area contributed by atoms with Gasteiger partial charge in [0.1, 0.15) is 24.2 Å². The van der Waals surface area contributed by atoms with Crippen LogP contribution in [0.5, 0.6) is 0 Å². The van der Waals surface area contributed by atoms with Crippen LogP contribution in [0, 0.1) is 0 Å². The van der Waals surface area contributed by atoms with E-state index in [0.29, 0.717) is 43.1 Å². The Morgan fingerprint density at radius 3 is 2.63 bits per heavy atom. The molecule has 0 spiro atoms. The van der Waals surface area contributed by atoms with Crippen LogP contribution < -0.4 is 15.5 Å². The third-order valence-electron chi connectivity index (χ3n) is 6.00. The van der Waals surface area contributed by atoms with E-state index in [9.17, 15) is 4.79 Å². The molecule has 4 aromatic rings. The van der Waals surface area contributed by atoms with Crippen LogP contribution in [0.1, 0.15) is 23.5 Å². The Morgan fingerprint density at radius 1 is 1.08 bits per heavy atom.